The average Bonchev–Trinajstić information content (AvgIpc) is 2.17. The van der Waals surface area contributed by atoms with E-state index in [4.69, 9.17) is 4.74 Å². The molecule has 0 amide bonds. The Hall–Kier alpha value is -1.09. The topological polar surface area (TPSA) is 42.4 Å². The van der Waals surface area contributed by atoms with Crippen LogP contribution in [0.4, 0.5) is 0 Å². The lowest BCUT2D eigenvalue weighted by Gasteiger charge is -2.08. The zero-order chi connectivity index (χ0) is 8.97. The van der Waals surface area contributed by atoms with Gasteiger partial charge in [0.15, 0.2) is 0 Å². The summed E-state index contributed by atoms with van der Waals surface area (Å²) in [5.41, 5.74) is 0.803. The third kappa shape index (κ3) is 1.95. The molecule has 0 aliphatic heterocycles. The van der Waals surface area contributed by atoms with Crippen LogP contribution >= 0.6 is 0 Å². The maximum Gasteiger partial charge on any atom is 0.137 e. The second-order valence-corrected chi connectivity index (χ2v) is 2.58. The second-order valence-electron chi connectivity index (χ2n) is 2.58. The van der Waals surface area contributed by atoms with E-state index < -0.39 is 6.10 Å². The van der Waals surface area contributed by atoms with Crippen molar-refractivity contribution < 1.29 is 9.84 Å². The van der Waals surface area contributed by atoms with Crippen molar-refractivity contribution in [3.05, 3.63) is 24.0 Å². The van der Waals surface area contributed by atoms with Gasteiger partial charge in [0.05, 0.1) is 19.4 Å². The molecule has 0 saturated heterocycles. The zero-order valence-corrected chi connectivity index (χ0v) is 7.32. The van der Waals surface area contributed by atoms with Crippen LogP contribution in [0.15, 0.2) is 18.5 Å². The largest absolute Gasteiger partial charge is 0.495 e. The van der Waals surface area contributed by atoms with Gasteiger partial charge in [0.2, 0.25) is 0 Å². The smallest absolute Gasteiger partial charge is 0.137 e. The number of hydrogen-bond donors (Lipinski definition) is 1. The molecule has 0 aliphatic rings. The predicted octanol–water partition coefficient (Wildman–Crippen LogP) is 1.53. The van der Waals surface area contributed by atoms with Gasteiger partial charge in [-0.2, -0.15) is 0 Å². The van der Waals surface area contributed by atoms with E-state index in [0.717, 1.165) is 5.56 Å². The molecule has 3 nitrogen and oxygen atoms in total. The van der Waals surface area contributed by atoms with Crippen molar-refractivity contribution in [2.75, 3.05) is 7.11 Å². The summed E-state index contributed by atoms with van der Waals surface area (Å²) >= 11 is 0. The first-order valence-electron chi connectivity index (χ1n) is 3.95. The molecule has 0 spiro atoms. The molecule has 0 aromatic carbocycles. The molecule has 0 saturated carbocycles. The highest BCUT2D eigenvalue weighted by Crippen LogP contribution is 2.19. The van der Waals surface area contributed by atoms with Crippen LogP contribution < -0.4 is 4.74 Å². The standard InChI is InChI=1S/C9H13NO2/c1-3-9(11)7-4-8(12-2)6-10-5-7/h4-6,9,11H,3H2,1-2H3. The first kappa shape index (κ1) is 9.00. The van der Waals surface area contributed by atoms with Crippen molar-refractivity contribution in [1.29, 1.82) is 0 Å². The lowest BCUT2D eigenvalue weighted by molar-refractivity contribution is 0.173. The Morgan fingerprint density at radius 2 is 2.33 bits per heavy atom. The van der Waals surface area contributed by atoms with E-state index in [9.17, 15) is 5.11 Å². The fourth-order valence-corrected chi connectivity index (χ4v) is 0.965. The molecule has 3 heteroatoms. The van der Waals surface area contributed by atoms with Crippen LogP contribution in [0.3, 0.4) is 0 Å². The van der Waals surface area contributed by atoms with Crippen LogP contribution in [0.5, 0.6) is 5.75 Å². The normalized spacial score (nSPS) is 12.6. The number of nitrogens with zero attached hydrogens (tertiary/aromatic N) is 1. The molecule has 0 aliphatic carbocycles. The Bertz CT molecular complexity index is 250. The van der Waals surface area contributed by atoms with Crippen LogP contribution in [0.2, 0.25) is 0 Å². The molecule has 1 heterocycles. The summed E-state index contributed by atoms with van der Waals surface area (Å²) in [5.74, 6) is 0.681. The average molecular weight is 167 g/mol. The first-order chi connectivity index (χ1) is 5.77. The molecule has 1 atom stereocenters. The monoisotopic (exact) mass is 167 g/mol. The van der Waals surface area contributed by atoms with Gasteiger partial charge in [-0.1, -0.05) is 6.92 Å². The third-order valence-corrected chi connectivity index (χ3v) is 1.74. The second kappa shape index (κ2) is 4.07. The van der Waals surface area contributed by atoms with Crippen molar-refractivity contribution in [1.82, 2.24) is 4.98 Å². The summed E-state index contributed by atoms with van der Waals surface area (Å²) in [6.45, 7) is 1.92. The Labute approximate surface area is 72.0 Å². The quantitative estimate of drug-likeness (QED) is 0.742. The van der Waals surface area contributed by atoms with Crippen LogP contribution in [-0.4, -0.2) is 17.2 Å². The fourth-order valence-electron chi connectivity index (χ4n) is 0.965. The van der Waals surface area contributed by atoms with E-state index in [0.29, 0.717) is 12.2 Å². The summed E-state index contributed by atoms with van der Waals surface area (Å²) in [7, 11) is 1.58. The summed E-state index contributed by atoms with van der Waals surface area (Å²) < 4.78 is 4.98. The first-order valence-corrected chi connectivity index (χ1v) is 3.95. The molecular weight excluding hydrogens is 154 g/mol. The molecule has 0 fully saturated rings. The highest BCUT2D eigenvalue weighted by molar-refractivity contribution is 5.24. The van der Waals surface area contributed by atoms with Gasteiger partial charge in [0.1, 0.15) is 5.75 Å². The lowest BCUT2D eigenvalue weighted by atomic mass is 10.1. The van der Waals surface area contributed by atoms with Crippen molar-refractivity contribution >= 4 is 0 Å². The van der Waals surface area contributed by atoms with Crippen molar-refractivity contribution in [3.8, 4) is 5.75 Å². The molecule has 1 aromatic heterocycles. The molecule has 0 bridgehead atoms. The highest BCUT2D eigenvalue weighted by atomic mass is 16.5. The number of aliphatic hydroxyl groups excluding tert-OH is 1. The van der Waals surface area contributed by atoms with Gasteiger partial charge in [0, 0.05) is 11.8 Å². The Morgan fingerprint density at radius 3 is 2.92 bits per heavy atom. The number of rotatable bonds is 3. The minimum atomic E-state index is -0.437. The molecule has 1 unspecified atom stereocenters. The number of hydrogen-bond acceptors (Lipinski definition) is 3. The predicted molar refractivity (Wildman–Crippen MR) is 46.0 cm³/mol. The van der Waals surface area contributed by atoms with E-state index in [1.807, 2.05) is 6.92 Å². The number of methoxy groups -OCH3 is 1. The van der Waals surface area contributed by atoms with Crippen molar-refractivity contribution in [2.24, 2.45) is 0 Å². The van der Waals surface area contributed by atoms with Gasteiger partial charge in [-0.15, -0.1) is 0 Å². The van der Waals surface area contributed by atoms with E-state index >= 15 is 0 Å². The Balaban J connectivity index is 2.86. The van der Waals surface area contributed by atoms with Crippen LogP contribution in [0, 0.1) is 0 Å². The minimum absolute atomic E-state index is 0.437. The fraction of sp³-hybridized carbons (Fsp3) is 0.444. The summed E-state index contributed by atoms with van der Waals surface area (Å²) in [4.78, 5) is 3.94. The number of pyridine rings is 1. The van der Waals surface area contributed by atoms with Crippen LogP contribution in [-0.2, 0) is 0 Å². The maximum absolute atomic E-state index is 9.45. The van der Waals surface area contributed by atoms with E-state index in [2.05, 4.69) is 4.98 Å². The zero-order valence-electron chi connectivity index (χ0n) is 7.32. The van der Waals surface area contributed by atoms with E-state index in [-0.39, 0.29) is 0 Å². The number of aromatic nitrogens is 1. The van der Waals surface area contributed by atoms with Crippen LogP contribution in [0.25, 0.3) is 0 Å². The molecule has 66 valence electrons. The number of aliphatic hydroxyl groups is 1. The molecule has 12 heavy (non-hydrogen) atoms. The van der Waals surface area contributed by atoms with Crippen molar-refractivity contribution in [3.63, 3.8) is 0 Å². The Morgan fingerprint density at radius 1 is 1.58 bits per heavy atom. The molecule has 0 radical (unpaired) electrons. The summed E-state index contributed by atoms with van der Waals surface area (Å²) in [5, 5.41) is 9.45. The lowest BCUT2D eigenvalue weighted by Crippen LogP contribution is -1.96. The van der Waals surface area contributed by atoms with Gasteiger partial charge >= 0.3 is 0 Å². The highest BCUT2D eigenvalue weighted by Gasteiger charge is 2.05. The minimum Gasteiger partial charge on any atom is -0.495 e. The third-order valence-electron chi connectivity index (χ3n) is 1.74. The molecule has 1 N–H and O–H groups in total. The summed E-state index contributed by atoms with van der Waals surface area (Å²) in [6.07, 6.45) is 3.52. The molecule has 1 rings (SSSR count). The number of ether oxygens (including phenoxy) is 1. The van der Waals surface area contributed by atoms with E-state index in [1.165, 1.54) is 0 Å². The van der Waals surface area contributed by atoms with Crippen LogP contribution in [0.1, 0.15) is 25.0 Å². The SMILES string of the molecule is CCC(O)c1cncc(OC)c1. The van der Waals surface area contributed by atoms with Gasteiger partial charge in [-0.25, -0.2) is 0 Å². The Kier molecular flexibility index (Phi) is 3.05. The van der Waals surface area contributed by atoms with Gasteiger partial charge in [-0.3, -0.25) is 4.98 Å². The summed E-state index contributed by atoms with van der Waals surface area (Å²) in [6, 6.07) is 1.79. The molecule has 1 aromatic rings. The van der Waals surface area contributed by atoms with Gasteiger partial charge < -0.3 is 9.84 Å². The van der Waals surface area contributed by atoms with Gasteiger partial charge in [-0.05, 0) is 12.5 Å². The van der Waals surface area contributed by atoms with Gasteiger partial charge in [0.25, 0.3) is 0 Å². The molecular formula is C9H13NO2. The van der Waals surface area contributed by atoms with E-state index in [1.54, 1.807) is 25.6 Å². The maximum atomic E-state index is 9.45. The van der Waals surface area contributed by atoms with Crippen molar-refractivity contribution in [2.45, 2.75) is 19.4 Å².